The van der Waals surface area contributed by atoms with Crippen molar-refractivity contribution < 1.29 is 4.74 Å². The van der Waals surface area contributed by atoms with E-state index in [1.165, 1.54) is 0 Å². The molecule has 2 aromatic rings. The summed E-state index contributed by atoms with van der Waals surface area (Å²) in [5, 5.41) is 0. The minimum Gasteiger partial charge on any atom is -0.497 e. The zero-order chi connectivity index (χ0) is 16.3. The highest BCUT2D eigenvalue weighted by atomic mass is 16.5. The van der Waals surface area contributed by atoms with Gasteiger partial charge in [0.1, 0.15) is 5.75 Å². The van der Waals surface area contributed by atoms with Gasteiger partial charge in [0.05, 0.1) is 12.8 Å². The molecule has 0 amide bonds. The summed E-state index contributed by atoms with van der Waals surface area (Å²) in [5.74, 6) is 1.18. The van der Waals surface area contributed by atoms with E-state index in [2.05, 4.69) is 13.8 Å². The molecule has 0 atom stereocenters. The first-order valence-corrected chi connectivity index (χ1v) is 7.55. The molecule has 1 aromatic heterocycles. The van der Waals surface area contributed by atoms with E-state index in [4.69, 9.17) is 10.5 Å². The van der Waals surface area contributed by atoms with Crippen LogP contribution in [0.3, 0.4) is 0 Å². The van der Waals surface area contributed by atoms with Crippen LogP contribution in [-0.2, 0) is 13.1 Å². The van der Waals surface area contributed by atoms with Crippen molar-refractivity contribution >= 4 is 0 Å². The largest absolute Gasteiger partial charge is 0.497 e. The van der Waals surface area contributed by atoms with Crippen LogP contribution in [-0.4, -0.2) is 11.7 Å². The first-order valence-electron chi connectivity index (χ1n) is 7.55. The van der Waals surface area contributed by atoms with E-state index in [-0.39, 0.29) is 12.1 Å². The second-order valence-corrected chi connectivity index (χ2v) is 5.93. The van der Waals surface area contributed by atoms with Crippen LogP contribution in [0.1, 0.15) is 25.0 Å². The predicted octanol–water partition coefficient (Wildman–Crippen LogP) is 2.95. The van der Waals surface area contributed by atoms with Crippen LogP contribution < -0.4 is 16.0 Å². The lowest BCUT2D eigenvalue weighted by Gasteiger charge is -2.18. The van der Waals surface area contributed by atoms with Gasteiger partial charge in [-0.2, -0.15) is 0 Å². The van der Waals surface area contributed by atoms with Crippen LogP contribution in [0.15, 0.2) is 35.1 Å². The second-order valence-electron chi connectivity index (χ2n) is 5.93. The minimum atomic E-state index is 0.0158. The molecule has 4 nitrogen and oxygen atoms in total. The molecule has 4 heteroatoms. The van der Waals surface area contributed by atoms with Gasteiger partial charge < -0.3 is 15.0 Å². The van der Waals surface area contributed by atoms with Crippen molar-refractivity contribution in [2.45, 2.75) is 33.9 Å². The van der Waals surface area contributed by atoms with E-state index < -0.39 is 0 Å². The van der Waals surface area contributed by atoms with Crippen LogP contribution in [0.25, 0.3) is 11.3 Å². The molecule has 0 saturated carbocycles. The highest BCUT2D eigenvalue weighted by molar-refractivity contribution is 5.62. The van der Waals surface area contributed by atoms with Crippen molar-refractivity contribution in [3.63, 3.8) is 0 Å². The lowest BCUT2D eigenvalue weighted by molar-refractivity contribution is 0.415. The summed E-state index contributed by atoms with van der Waals surface area (Å²) in [4.78, 5) is 12.7. The van der Waals surface area contributed by atoms with Gasteiger partial charge in [-0.3, -0.25) is 4.79 Å². The lowest BCUT2D eigenvalue weighted by atomic mass is 10.0. The van der Waals surface area contributed by atoms with E-state index in [0.717, 1.165) is 22.6 Å². The number of rotatable bonds is 5. The van der Waals surface area contributed by atoms with Gasteiger partial charge in [0.15, 0.2) is 0 Å². The van der Waals surface area contributed by atoms with Crippen molar-refractivity contribution in [3.8, 4) is 17.0 Å². The Balaban J connectivity index is 2.64. The van der Waals surface area contributed by atoms with Crippen LogP contribution >= 0.6 is 0 Å². The number of benzene rings is 1. The number of aryl methyl sites for hydroxylation is 1. The van der Waals surface area contributed by atoms with E-state index in [1.54, 1.807) is 7.11 Å². The Morgan fingerprint density at radius 2 is 1.86 bits per heavy atom. The third-order valence-electron chi connectivity index (χ3n) is 3.76. The quantitative estimate of drug-likeness (QED) is 0.923. The number of nitrogens with two attached hydrogens (primary N) is 1. The fraction of sp³-hybridized carbons (Fsp3) is 0.389. The molecule has 1 heterocycles. The van der Waals surface area contributed by atoms with Gasteiger partial charge in [-0.1, -0.05) is 13.8 Å². The number of methoxy groups -OCH3 is 1. The number of nitrogens with zero attached hydrogens (tertiary/aromatic N) is 1. The highest BCUT2D eigenvalue weighted by Crippen LogP contribution is 2.24. The maximum atomic E-state index is 12.7. The number of pyridine rings is 1. The molecule has 22 heavy (non-hydrogen) atoms. The Bertz CT molecular complexity index is 700. The van der Waals surface area contributed by atoms with Gasteiger partial charge in [0.2, 0.25) is 0 Å². The number of aromatic nitrogens is 1. The zero-order valence-corrected chi connectivity index (χ0v) is 13.7. The molecule has 0 saturated heterocycles. The fourth-order valence-corrected chi connectivity index (χ4v) is 2.61. The molecule has 2 rings (SSSR count). The number of hydrogen-bond donors (Lipinski definition) is 1. The highest BCUT2D eigenvalue weighted by Gasteiger charge is 2.14. The van der Waals surface area contributed by atoms with E-state index in [0.29, 0.717) is 18.0 Å². The topological polar surface area (TPSA) is 57.2 Å². The van der Waals surface area contributed by atoms with E-state index >= 15 is 0 Å². The van der Waals surface area contributed by atoms with Crippen molar-refractivity contribution in [3.05, 3.63) is 51.8 Å². The standard InChI is InChI=1S/C18H24N2O2/c1-12(2)11-20-17(9-13(3)16(10-19)18(20)21)14-5-7-15(22-4)8-6-14/h5-9,12H,10-11,19H2,1-4H3. The molecule has 0 spiro atoms. The Labute approximate surface area is 131 Å². The summed E-state index contributed by atoms with van der Waals surface area (Å²) < 4.78 is 7.03. The third-order valence-corrected chi connectivity index (χ3v) is 3.76. The Morgan fingerprint density at radius 1 is 1.23 bits per heavy atom. The monoisotopic (exact) mass is 300 g/mol. The molecule has 0 radical (unpaired) electrons. The zero-order valence-electron chi connectivity index (χ0n) is 13.7. The summed E-state index contributed by atoms with van der Waals surface area (Å²) in [6.45, 7) is 7.09. The normalized spacial score (nSPS) is 11.0. The lowest BCUT2D eigenvalue weighted by Crippen LogP contribution is -2.29. The summed E-state index contributed by atoms with van der Waals surface area (Å²) in [7, 11) is 1.64. The molecule has 118 valence electrons. The van der Waals surface area contributed by atoms with E-state index in [9.17, 15) is 4.79 Å². The molecule has 0 aliphatic rings. The van der Waals surface area contributed by atoms with Gasteiger partial charge in [-0.25, -0.2) is 0 Å². The first kappa shape index (κ1) is 16.3. The Kier molecular flexibility index (Phi) is 5.03. The van der Waals surface area contributed by atoms with Gasteiger partial charge in [-0.15, -0.1) is 0 Å². The van der Waals surface area contributed by atoms with Gasteiger partial charge in [0, 0.05) is 18.7 Å². The average molecular weight is 300 g/mol. The summed E-state index contributed by atoms with van der Waals surface area (Å²) in [6.07, 6.45) is 0. The first-order chi connectivity index (χ1) is 10.5. The number of ether oxygens (including phenoxy) is 1. The summed E-state index contributed by atoms with van der Waals surface area (Å²) in [5.41, 5.74) is 9.33. The molecular formula is C18H24N2O2. The molecule has 0 aliphatic carbocycles. The molecule has 0 aliphatic heterocycles. The van der Waals surface area contributed by atoms with Crippen LogP contribution in [0.2, 0.25) is 0 Å². The molecule has 0 unspecified atom stereocenters. The minimum absolute atomic E-state index is 0.0158. The SMILES string of the molecule is COc1ccc(-c2cc(C)c(CN)c(=O)n2CC(C)C)cc1. The van der Waals surface area contributed by atoms with Crippen LogP contribution in [0.4, 0.5) is 0 Å². The maximum Gasteiger partial charge on any atom is 0.255 e. The van der Waals surface area contributed by atoms with E-state index in [1.807, 2.05) is 41.8 Å². The fourth-order valence-electron chi connectivity index (χ4n) is 2.61. The summed E-state index contributed by atoms with van der Waals surface area (Å²) in [6, 6.07) is 9.82. The van der Waals surface area contributed by atoms with Crippen LogP contribution in [0, 0.1) is 12.8 Å². The number of hydrogen-bond acceptors (Lipinski definition) is 3. The molecule has 0 fully saturated rings. The van der Waals surface area contributed by atoms with Crippen molar-refractivity contribution in [2.24, 2.45) is 11.7 Å². The smallest absolute Gasteiger partial charge is 0.255 e. The van der Waals surface area contributed by atoms with Gasteiger partial charge >= 0.3 is 0 Å². The molecule has 2 N–H and O–H groups in total. The van der Waals surface area contributed by atoms with Gasteiger partial charge in [0.25, 0.3) is 5.56 Å². The maximum absolute atomic E-state index is 12.7. The molecular weight excluding hydrogens is 276 g/mol. The van der Waals surface area contributed by atoms with Crippen molar-refractivity contribution in [1.82, 2.24) is 4.57 Å². The van der Waals surface area contributed by atoms with Crippen LogP contribution in [0.5, 0.6) is 5.75 Å². The second kappa shape index (κ2) is 6.79. The molecule has 1 aromatic carbocycles. The van der Waals surface area contributed by atoms with Crippen molar-refractivity contribution in [1.29, 1.82) is 0 Å². The van der Waals surface area contributed by atoms with Gasteiger partial charge in [-0.05, 0) is 54.3 Å². The average Bonchev–Trinajstić information content (AvgIpc) is 2.50. The molecule has 0 bridgehead atoms. The predicted molar refractivity (Wildman–Crippen MR) is 90.2 cm³/mol. The Hall–Kier alpha value is -2.07. The summed E-state index contributed by atoms with van der Waals surface area (Å²) >= 11 is 0. The van der Waals surface area contributed by atoms with Crippen molar-refractivity contribution in [2.75, 3.05) is 7.11 Å². The third kappa shape index (κ3) is 3.22. The Morgan fingerprint density at radius 3 is 2.36 bits per heavy atom.